The molecule has 4 nitrogen and oxygen atoms in total. The van der Waals surface area contributed by atoms with Gasteiger partial charge in [-0.1, -0.05) is 6.92 Å². The third kappa shape index (κ3) is 1.50. The molecule has 0 radical (unpaired) electrons. The summed E-state index contributed by atoms with van der Waals surface area (Å²) in [4.78, 5) is 8.63. The molecule has 1 aliphatic rings. The van der Waals surface area contributed by atoms with E-state index < -0.39 is 0 Å². The van der Waals surface area contributed by atoms with Crippen molar-refractivity contribution in [3.05, 3.63) is 30.4 Å². The zero-order valence-electron chi connectivity index (χ0n) is 9.30. The minimum atomic E-state index is 0.525. The van der Waals surface area contributed by atoms with E-state index in [-0.39, 0.29) is 0 Å². The lowest BCUT2D eigenvalue weighted by atomic mass is 10.0. The second kappa shape index (κ2) is 3.70. The van der Waals surface area contributed by atoms with Gasteiger partial charge in [0.05, 0.1) is 0 Å². The van der Waals surface area contributed by atoms with Crippen LogP contribution in [0.4, 0.5) is 0 Å². The summed E-state index contributed by atoms with van der Waals surface area (Å²) in [7, 11) is 0. The molecule has 16 heavy (non-hydrogen) atoms. The molecule has 2 aromatic rings. The van der Waals surface area contributed by atoms with Gasteiger partial charge in [0.2, 0.25) is 0 Å². The first-order valence-corrected chi connectivity index (χ1v) is 5.70. The standard InChI is InChI=1S/C12H14N4/c1-9-3-2-8-16-12(9)14-11(15-16)10-4-6-13-7-5-10/h4-7,9H,2-3,8H2,1H3. The van der Waals surface area contributed by atoms with Crippen molar-refractivity contribution < 1.29 is 0 Å². The molecule has 0 N–H and O–H groups in total. The molecule has 4 heteroatoms. The van der Waals surface area contributed by atoms with Crippen molar-refractivity contribution in [3.63, 3.8) is 0 Å². The van der Waals surface area contributed by atoms with Crippen molar-refractivity contribution in [1.29, 1.82) is 0 Å². The molecule has 82 valence electrons. The Morgan fingerprint density at radius 1 is 1.31 bits per heavy atom. The van der Waals surface area contributed by atoms with Gasteiger partial charge < -0.3 is 0 Å². The normalized spacial score (nSPS) is 19.4. The van der Waals surface area contributed by atoms with Gasteiger partial charge in [-0.15, -0.1) is 0 Å². The summed E-state index contributed by atoms with van der Waals surface area (Å²) >= 11 is 0. The Kier molecular flexibility index (Phi) is 2.20. The average Bonchev–Trinajstić information content (AvgIpc) is 2.76. The van der Waals surface area contributed by atoms with Crippen LogP contribution in [0.5, 0.6) is 0 Å². The Morgan fingerprint density at radius 2 is 2.12 bits per heavy atom. The number of rotatable bonds is 1. The van der Waals surface area contributed by atoms with Gasteiger partial charge in [-0.3, -0.25) is 4.98 Å². The Labute approximate surface area is 94.4 Å². The first-order valence-electron chi connectivity index (χ1n) is 5.70. The first-order chi connectivity index (χ1) is 7.84. The number of pyridine rings is 1. The fourth-order valence-electron chi connectivity index (χ4n) is 2.18. The minimum Gasteiger partial charge on any atom is -0.265 e. The van der Waals surface area contributed by atoms with Crippen molar-refractivity contribution >= 4 is 0 Å². The molecule has 0 saturated carbocycles. The molecule has 1 aliphatic heterocycles. The van der Waals surface area contributed by atoms with Crippen LogP contribution in [0.15, 0.2) is 24.5 Å². The first kappa shape index (κ1) is 9.51. The van der Waals surface area contributed by atoms with Gasteiger partial charge in [0.25, 0.3) is 0 Å². The lowest BCUT2D eigenvalue weighted by Crippen LogP contribution is -2.14. The van der Waals surface area contributed by atoms with Gasteiger partial charge in [-0.05, 0) is 25.0 Å². The van der Waals surface area contributed by atoms with Crippen LogP contribution in [-0.4, -0.2) is 19.7 Å². The number of nitrogens with zero attached hydrogens (tertiary/aromatic N) is 4. The lowest BCUT2D eigenvalue weighted by Gasteiger charge is -2.17. The molecule has 3 rings (SSSR count). The largest absolute Gasteiger partial charge is 0.265 e. The van der Waals surface area contributed by atoms with Gasteiger partial charge in [0.1, 0.15) is 5.82 Å². The van der Waals surface area contributed by atoms with Crippen molar-refractivity contribution in [1.82, 2.24) is 19.7 Å². The predicted octanol–water partition coefficient (Wildman–Crippen LogP) is 2.24. The van der Waals surface area contributed by atoms with E-state index in [1.165, 1.54) is 12.8 Å². The molecular weight excluding hydrogens is 200 g/mol. The maximum Gasteiger partial charge on any atom is 0.181 e. The molecule has 0 bridgehead atoms. The number of aromatic nitrogens is 4. The van der Waals surface area contributed by atoms with Crippen LogP contribution in [0.3, 0.4) is 0 Å². The van der Waals surface area contributed by atoms with Crippen LogP contribution < -0.4 is 0 Å². The summed E-state index contributed by atoms with van der Waals surface area (Å²) in [6.45, 7) is 3.22. The molecular formula is C12H14N4. The van der Waals surface area contributed by atoms with E-state index in [4.69, 9.17) is 0 Å². The molecule has 0 aliphatic carbocycles. The number of hydrogen-bond acceptors (Lipinski definition) is 3. The Bertz CT molecular complexity index is 489. The zero-order chi connectivity index (χ0) is 11.0. The molecule has 1 atom stereocenters. The maximum atomic E-state index is 4.63. The average molecular weight is 214 g/mol. The molecule has 1 unspecified atom stereocenters. The maximum absolute atomic E-state index is 4.63. The highest BCUT2D eigenvalue weighted by Gasteiger charge is 2.20. The highest BCUT2D eigenvalue weighted by atomic mass is 15.4. The van der Waals surface area contributed by atoms with E-state index >= 15 is 0 Å². The smallest absolute Gasteiger partial charge is 0.181 e. The number of aryl methyl sites for hydroxylation is 1. The van der Waals surface area contributed by atoms with Crippen molar-refractivity contribution in [2.45, 2.75) is 32.2 Å². The van der Waals surface area contributed by atoms with E-state index in [1.807, 2.05) is 16.8 Å². The predicted molar refractivity (Wildman–Crippen MR) is 60.9 cm³/mol. The number of fused-ring (bicyclic) bond motifs is 1. The summed E-state index contributed by atoms with van der Waals surface area (Å²) < 4.78 is 2.05. The van der Waals surface area contributed by atoms with E-state index in [0.717, 1.165) is 23.8 Å². The van der Waals surface area contributed by atoms with Gasteiger partial charge in [-0.2, -0.15) is 5.10 Å². The minimum absolute atomic E-state index is 0.525. The molecule has 2 aromatic heterocycles. The summed E-state index contributed by atoms with van der Waals surface area (Å²) in [5.41, 5.74) is 1.05. The molecule has 0 saturated heterocycles. The van der Waals surface area contributed by atoms with Gasteiger partial charge >= 0.3 is 0 Å². The lowest BCUT2D eigenvalue weighted by molar-refractivity contribution is 0.432. The molecule has 0 fully saturated rings. The van der Waals surface area contributed by atoms with Crippen LogP contribution >= 0.6 is 0 Å². The topological polar surface area (TPSA) is 43.6 Å². The van der Waals surface area contributed by atoms with Crippen LogP contribution in [-0.2, 0) is 6.54 Å². The van der Waals surface area contributed by atoms with E-state index in [9.17, 15) is 0 Å². The summed E-state index contributed by atoms with van der Waals surface area (Å²) in [5, 5.41) is 4.55. The van der Waals surface area contributed by atoms with Crippen LogP contribution in [0, 0.1) is 0 Å². The second-order valence-electron chi connectivity index (χ2n) is 4.30. The number of hydrogen-bond donors (Lipinski definition) is 0. The van der Waals surface area contributed by atoms with Gasteiger partial charge in [-0.25, -0.2) is 9.67 Å². The molecule has 0 amide bonds. The molecule has 3 heterocycles. The van der Waals surface area contributed by atoms with Crippen LogP contribution in [0.1, 0.15) is 31.5 Å². The monoisotopic (exact) mass is 214 g/mol. The Morgan fingerprint density at radius 3 is 2.88 bits per heavy atom. The zero-order valence-corrected chi connectivity index (χ0v) is 9.30. The Hall–Kier alpha value is -1.71. The fourth-order valence-corrected chi connectivity index (χ4v) is 2.18. The van der Waals surface area contributed by atoms with Crippen molar-refractivity contribution in [3.8, 4) is 11.4 Å². The van der Waals surface area contributed by atoms with Crippen LogP contribution in [0.2, 0.25) is 0 Å². The third-order valence-electron chi connectivity index (χ3n) is 3.09. The third-order valence-corrected chi connectivity index (χ3v) is 3.09. The van der Waals surface area contributed by atoms with Gasteiger partial charge in [0.15, 0.2) is 5.82 Å². The second-order valence-corrected chi connectivity index (χ2v) is 4.30. The summed E-state index contributed by atoms with van der Waals surface area (Å²) in [6, 6.07) is 3.90. The summed E-state index contributed by atoms with van der Waals surface area (Å²) in [6.07, 6.45) is 5.97. The summed E-state index contributed by atoms with van der Waals surface area (Å²) in [5.74, 6) is 2.47. The molecule has 0 aromatic carbocycles. The van der Waals surface area contributed by atoms with Gasteiger partial charge in [0, 0.05) is 30.4 Å². The van der Waals surface area contributed by atoms with Crippen LogP contribution in [0.25, 0.3) is 11.4 Å². The quantitative estimate of drug-likeness (QED) is 0.731. The highest BCUT2D eigenvalue weighted by molar-refractivity contribution is 5.53. The SMILES string of the molecule is CC1CCCn2nc(-c3ccncc3)nc21. The van der Waals surface area contributed by atoms with E-state index in [1.54, 1.807) is 12.4 Å². The van der Waals surface area contributed by atoms with Crippen molar-refractivity contribution in [2.24, 2.45) is 0 Å². The van der Waals surface area contributed by atoms with E-state index in [0.29, 0.717) is 5.92 Å². The fraction of sp³-hybridized carbons (Fsp3) is 0.417. The highest BCUT2D eigenvalue weighted by Crippen LogP contribution is 2.26. The van der Waals surface area contributed by atoms with E-state index in [2.05, 4.69) is 22.0 Å². The molecule has 0 spiro atoms. The Balaban J connectivity index is 2.05. The van der Waals surface area contributed by atoms with Crippen molar-refractivity contribution in [2.75, 3.05) is 0 Å².